The van der Waals surface area contributed by atoms with Crippen molar-refractivity contribution in [2.75, 3.05) is 0 Å². The van der Waals surface area contributed by atoms with Crippen LogP contribution in [0.4, 0.5) is 0 Å². The molecule has 2 aliphatic carbocycles. The number of carbonyl (C=O) groups is 2. The molecule has 1 fully saturated rings. The van der Waals surface area contributed by atoms with Crippen molar-refractivity contribution in [3.63, 3.8) is 0 Å². The largest absolute Gasteiger partial charge is 0.349 e. The second-order valence-electron chi connectivity index (χ2n) is 8.87. The highest BCUT2D eigenvalue weighted by Gasteiger charge is 2.38. The number of rotatable bonds is 6. The summed E-state index contributed by atoms with van der Waals surface area (Å²) in [6, 6.07) is 0.0113. The molecule has 2 aliphatic rings. The maximum atomic E-state index is 12.6. The minimum absolute atomic E-state index is 0.0113. The van der Waals surface area contributed by atoms with E-state index in [1.807, 2.05) is 17.9 Å². The van der Waals surface area contributed by atoms with E-state index >= 15 is 0 Å². The third-order valence-electron chi connectivity index (χ3n) is 6.55. The summed E-state index contributed by atoms with van der Waals surface area (Å²) in [7, 11) is 1.94. The number of aromatic nitrogens is 4. The van der Waals surface area contributed by atoms with Crippen LogP contribution in [-0.4, -0.2) is 31.7 Å². The van der Waals surface area contributed by atoms with Crippen molar-refractivity contribution in [1.29, 1.82) is 0 Å². The van der Waals surface area contributed by atoms with Gasteiger partial charge in [0, 0.05) is 38.1 Å². The number of nitrogens with one attached hydrogen (secondary N) is 2. The minimum Gasteiger partial charge on any atom is -0.349 e. The van der Waals surface area contributed by atoms with Gasteiger partial charge in [-0.3, -0.25) is 14.3 Å². The van der Waals surface area contributed by atoms with Gasteiger partial charge in [0.1, 0.15) is 5.54 Å². The summed E-state index contributed by atoms with van der Waals surface area (Å²) in [5.41, 5.74) is 1.75. The van der Waals surface area contributed by atoms with Crippen LogP contribution in [0.5, 0.6) is 0 Å². The molecule has 0 spiro atoms. The Bertz CT molecular complexity index is 926. The van der Waals surface area contributed by atoms with Gasteiger partial charge in [-0.2, -0.15) is 10.1 Å². The number of aryl methyl sites for hydroxylation is 2. The highest BCUT2D eigenvalue weighted by atomic mass is 16.5. The van der Waals surface area contributed by atoms with Crippen LogP contribution < -0.4 is 10.6 Å². The zero-order chi connectivity index (χ0) is 21.8. The first-order valence-electron chi connectivity index (χ1n) is 11.4. The summed E-state index contributed by atoms with van der Waals surface area (Å²) >= 11 is 0. The second-order valence-corrected chi connectivity index (χ2v) is 8.87. The Morgan fingerprint density at radius 3 is 2.74 bits per heavy atom. The molecule has 0 aliphatic heterocycles. The summed E-state index contributed by atoms with van der Waals surface area (Å²) in [6.07, 6.45) is 11.4. The summed E-state index contributed by atoms with van der Waals surface area (Å²) < 4.78 is 7.35. The van der Waals surface area contributed by atoms with Gasteiger partial charge in [-0.15, -0.1) is 0 Å². The Balaban J connectivity index is 1.37. The Morgan fingerprint density at radius 1 is 1.23 bits per heavy atom. The lowest BCUT2D eigenvalue weighted by Gasteiger charge is -2.30. The topological polar surface area (TPSA) is 115 Å². The molecule has 0 bridgehead atoms. The van der Waals surface area contributed by atoms with Crippen LogP contribution in [0.1, 0.15) is 93.7 Å². The molecule has 4 rings (SSSR count). The van der Waals surface area contributed by atoms with Crippen molar-refractivity contribution in [2.45, 2.75) is 89.1 Å². The van der Waals surface area contributed by atoms with E-state index in [0.717, 1.165) is 63.4 Å². The lowest BCUT2D eigenvalue weighted by atomic mass is 9.89. The van der Waals surface area contributed by atoms with Crippen LogP contribution >= 0.6 is 0 Å². The molecule has 2 aromatic heterocycles. The third-order valence-corrected chi connectivity index (χ3v) is 6.55. The van der Waals surface area contributed by atoms with E-state index in [4.69, 9.17) is 4.52 Å². The Hall–Kier alpha value is -2.71. The zero-order valence-corrected chi connectivity index (χ0v) is 18.4. The molecular weight excluding hydrogens is 396 g/mol. The first kappa shape index (κ1) is 21.5. The lowest BCUT2D eigenvalue weighted by molar-refractivity contribution is -0.122. The number of carbonyl (C=O) groups excluding carboxylic acids is 2. The summed E-state index contributed by atoms with van der Waals surface area (Å²) in [5, 5.41) is 14.7. The van der Waals surface area contributed by atoms with E-state index in [1.54, 1.807) is 0 Å². The first-order chi connectivity index (χ1) is 15.0. The van der Waals surface area contributed by atoms with E-state index in [-0.39, 0.29) is 24.3 Å². The maximum Gasteiger partial charge on any atom is 0.227 e. The fourth-order valence-electron chi connectivity index (χ4n) is 4.97. The van der Waals surface area contributed by atoms with E-state index in [9.17, 15) is 9.59 Å². The normalized spacial score (nSPS) is 20.5. The van der Waals surface area contributed by atoms with Crippen LogP contribution in [-0.2, 0) is 35.0 Å². The molecule has 2 aromatic rings. The van der Waals surface area contributed by atoms with Gasteiger partial charge < -0.3 is 15.2 Å². The monoisotopic (exact) mass is 428 g/mol. The summed E-state index contributed by atoms with van der Waals surface area (Å²) in [6.45, 7) is 1.52. The second kappa shape index (κ2) is 9.20. The maximum absolute atomic E-state index is 12.6. The van der Waals surface area contributed by atoms with Gasteiger partial charge in [-0.1, -0.05) is 30.8 Å². The molecule has 9 heteroatoms. The van der Waals surface area contributed by atoms with E-state index < -0.39 is 5.54 Å². The molecule has 0 aromatic carbocycles. The van der Waals surface area contributed by atoms with Gasteiger partial charge in [0.25, 0.3) is 0 Å². The SMILES string of the molecule is CC(=O)NC1(c2noc(CCC(=O)NC3CCCc4c3cnn4C)n2)CCCCCC1. The fourth-order valence-corrected chi connectivity index (χ4v) is 4.97. The molecule has 168 valence electrons. The zero-order valence-electron chi connectivity index (χ0n) is 18.4. The number of hydrogen-bond acceptors (Lipinski definition) is 6. The highest BCUT2D eigenvalue weighted by molar-refractivity contribution is 5.76. The van der Waals surface area contributed by atoms with Crippen molar-refractivity contribution in [3.8, 4) is 0 Å². The van der Waals surface area contributed by atoms with Gasteiger partial charge in [-0.05, 0) is 32.1 Å². The molecule has 2 N–H and O–H groups in total. The van der Waals surface area contributed by atoms with Gasteiger partial charge in [0.05, 0.1) is 12.2 Å². The predicted molar refractivity (Wildman–Crippen MR) is 113 cm³/mol. The average molecular weight is 429 g/mol. The number of nitrogens with zero attached hydrogens (tertiary/aromatic N) is 4. The van der Waals surface area contributed by atoms with Crippen LogP contribution in [0.3, 0.4) is 0 Å². The van der Waals surface area contributed by atoms with Crippen molar-refractivity contribution in [1.82, 2.24) is 30.6 Å². The molecule has 0 saturated heterocycles. The van der Waals surface area contributed by atoms with Crippen molar-refractivity contribution >= 4 is 11.8 Å². The lowest BCUT2D eigenvalue weighted by Crippen LogP contribution is -2.45. The Kier molecular flexibility index (Phi) is 6.38. The number of hydrogen-bond donors (Lipinski definition) is 2. The molecule has 0 radical (unpaired) electrons. The third kappa shape index (κ3) is 4.80. The first-order valence-corrected chi connectivity index (χ1v) is 11.4. The molecule has 31 heavy (non-hydrogen) atoms. The standard InChI is InChI=1S/C22H32N6O3/c1-15(29)26-22(12-5-3-4-6-13-22)21-25-20(31-27-21)11-10-19(30)24-17-8-7-9-18-16(17)14-23-28(18)2/h14,17H,3-13H2,1-2H3,(H,24,30)(H,26,29). The van der Waals surface area contributed by atoms with E-state index in [2.05, 4.69) is 25.9 Å². The average Bonchev–Trinajstić information content (AvgIpc) is 3.30. The van der Waals surface area contributed by atoms with Crippen molar-refractivity contribution in [2.24, 2.45) is 7.05 Å². The van der Waals surface area contributed by atoms with Crippen molar-refractivity contribution < 1.29 is 14.1 Å². The predicted octanol–water partition coefficient (Wildman–Crippen LogP) is 2.62. The molecule has 1 unspecified atom stereocenters. The molecule has 1 atom stereocenters. The van der Waals surface area contributed by atoms with Gasteiger partial charge in [0.2, 0.25) is 17.7 Å². The molecule has 2 amide bonds. The Labute approximate surface area is 182 Å². The summed E-state index contributed by atoms with van der Waals surface area (Å²) in [4.78, 5) is 29.0. The smallest absolute Gasteiger partial charge is 0.227 e. The van der Waals surface area contributed by atoms with Gasteiger partial charge in [0.15, 0.2) is 5.82 Å². The highest BCUT2D eigenvalue weighted by Crippen LogP contribution is 2.34. The van der Waals surface area contributed by atoms with Crippen molar-refractivity contribution in [3.05, 3.63) is 29.2 Å². The van der Waals surface area contributed by atoms with E-state index in [0.29, 0.717) is 18.1 Å². The van der Waals surface area contributed by atoms with Gasteiger partial charge >= 0.3 is 0 Å². The molecule has 9 nitrogen and oxygen atoms in total. The number of fused-ring (bicyclic) bond motifs is 1. The van der Waals surface area contributed by atoms with Crippen LogP contribution in [0.25, 0.3) is 0 Å². The molecule has 1 saturated carbocycles. The quantitative estimate of drug-likeness (QED) is 0.684. The van der Waals surface area contributed by atoms with Crippen LogP contribution in [0, 0.1) is 0 Å². The van der Waals surface area contributed by atoms with E-state index in [1.165, 1.54) is 12.6 Å². The molecular formula is C22H32N6O3. The molecule has 2 heterocycles. The number of amides is 2. The van der Waals surface area contributed by atoms with Gasteiger partial charge in [-0.25, -0.2) is 0 Å². The summed E-state index contributed by atoms with van der Waals surface area (Å²) in [5.74, 6) is 0.847. The van der Waals surface area contributed by atoms with Crippen LogP contribution in [0.15, 0.2) is 10.7 Å². The fraction of sp³-hybridized carbons (Fsp3) is 0.682. The van der Waals surface area contributed by atoms with Crippen LogP contribution in [0.2, 0.25) is 0 Å². The minimum atomic E-state index is -0.564. The Morgan fingerprint density at radius 2 is 2.00 bits per heavy atom.